The molecule has 0 unspecified atom stereocenters. The van der Waals surface area contributed by atoms with Crippen molar-refractivity contribution in [3.05, 3.63) is 64.5 Å². The number of nitrogens with zero attached hydrogens (tertiary/aromatic N) is 1. The number of benzene rings is 2. The Hall–Kier alpha value is -3.08. The Kier molecular flexibility index (Phi) is 4.08. The van der Waals surface area contributed by atoms with Crippen LogP contribution in [0.5, 0.6) is 5.75 Å². The molecule has 0 fully saturated rings. The van der Waals surface area contributed by atoms with Crippen molar-refractivity contribution in [1.29, 1.82) is 0 Å². The first-order valence-electron chi connectivity index (χ1n) is 7.49. The molecule has 0 aliphatic rings. The van der Waals surface area contributed by atoms with Crippen molar-refractivity contribution in [1.82, 2.24) is 4.90 Å². The number of aryl methyl sites for hydroxylation is 1. The van der Waals surface area contributed by atoms with Gasteiger partial charge in [0.2, 0.25) is 0 Å². The molecular formula is C19H17NO4. The molecule has 0 N–H and O–H groups in total. The number of fused-ring (bicyclic) bond motifs is 1. The summed E-state index contributed by atoms with van der Waals surface area (Å²) < 4.78 is 10.7. The van der Waals surface area contributed by atoms with E-state index in [2.05, 4.69) is 0 Å². The first-order valence-corrected chi connectivity index (χ1v) is 7.49. The van der Waals surface area contributed by atoms with E-state index in [1.807, 2.05) is 37.3 Å². The van der Waals surface area contributed by atoms with Gasteiger partial charge in [-0.2, -0.15) is 0 Å². The summed E-state index contributed by atoms with van der Waals surface area (Å²) in [5.74, 6) is 0.400. The fourth-order valence-corrected chi connectivity index (χ4v) is 2.52. The van der Waals surface area contributed by atoms with Crippen molar-refractivity contribution in [3.63, 3.8) is 0 Å². The monoisotopic (exact) mass is 323 g/mol. The van der Waals surface area contributed by atoms with E-state index in [0.29, 0.717) is 16.9 Å². The first kappa shape index (κ1) is 15.8. The van der Waals surface area contributed by atoms with Gasteiger partial charge in [0.05, 0.1) is 5.56 Å². The predicted molar refractivity (Wildman–Crippen MR) is 92.4 cm³/mol. The number of carbonyl (C=O) groups is 1. The average Bonchev–Trinajstić information content (AvgIpc) is 2.56. The molecule has 5 nitrogen and oxygen atoms in total. The van der Waals surface area contributed by atoms with Crippen molar-refractivity contribution < 1.29 is 13.9 Å². The molecule has 5 heteroatoms. The van der Waals surface area contributed by atoms with Gasteiger partial charge < -0.3 is 14.1 Å². The highest BCUT2D eigenvalue weighted by Crippen LogP contribution is 2.29. The minimum absolute atomic E-state index is 0.385. The lowest BCUT2D eigenvalue weighted by molar-refractivity contribution is 0.172. The van der Waals surface area contributed by atoms with E-state index in [0.717, 1.165) is 16.5 Å². The van der Waals surface area contributed by atoms with Gasteiger partial charge in [-0.3, -0.25) is 0 Å². The highest BCUT2D eigenvalue weighted by Gasteiger charge is 2.15. The summed E-state index contributed by atoms with van der Waals surface area (Å²) in [6, 6.07) is 14.3. The number of hydrogen-bond acceptors (Lipinski definition) is 4. The second-order valence-corrected chi connectivity index (χ2v) is 5.68. The van der Waals surface area contributed by atoms with Crippen molar-refractivity contribution >= 4 is 17.1 Å². The van der Waals surface area contributed by atoms with Crippen LogP contribution in [0.1, 0.15) is 5.56 Å². The third-order valence-electron chi connectivity index (χ3n) is 3.77. The Balaban J connectivity index is 2.15. The molecule has 2 aromatic carbocycles. The molecule has 1 heterocycles. The fourth-order valence-electron chi connectivity index (χ4n) is 2.52. The Morgan fingerprint density at radius 2 is 1.79 bits per heavy atom. The zero-order valence-electron chi connectivity index (χ0n) is 13.7. The fraction of sp³-hybridized carbons (Fsp3) is 0.158. The van der Waals surface area contributed by atoms with Crippen molar-refractivity contribution in [2.45, 2.75) is 6.92 Å². The standard InChI is InChI=1S/C19H17NO4/c1-12-15-11-14(23-19(22)20(2)3)9-10-16(15)24-18(21)17(12)13-7-5-4-6-8-13/h4-11H,1-3H3. The summed E-state index contributed by atoms with van der Waals surface area (Å²) in [7, 11) is 3.22. The molecule has 122 valence electrons. The third-order valence-corrected chi connectivity index (χ3v) is 3.77. The van der Waals surface area contributed by atoms with Gasteiger partial charge in [0, 0.05) is 19.5 Å². The molecule has 3 rings (SSSR count). The minimum atomic E-state index is -0.465. The minimum Gasteiger partial charge on any atom is -0.422 e. The van der Waals surface area contributed by atoms with Crippen molar-refractivity contribution in [2.24, 2.45) is 0 Å². The van der Waals surface area contributed by atoms with Crippen LogP contribution in [-0.2, 0) is 0 Å². The van der Waals surface area contributed by atoms with E-state index in [1.165, 1.54) is 4.90 Å². The molecule has 1 amide bonds. The molecule has 0 saturated carbocycles. The Bertz CT molecular complexity index is 958. The first-order chi connectivity index (χ1) is 11.5. The van der Waals surface area contributed by atoms with Gasteiger partial charge >= 0.3 is 11.7 Å². The second-order valence-electron chi connectivity index (χ2n) is 5.68. The van der Waals surface area contributed by atoms with Crippen LogP contribution in [0.4, 0.5) is 4.79 Å². The summed E-state index contributed by atoms with van der Waals surface area (Å²) in [6.07, 6.45) is -0.465. The molecule has 0 atom stereocenters. The van der Waals surface area contributed by atoms with Gasteiger partial charge in [-0.15, -0.1) is 0 Å². The van der Waals surface area contributed by atoms with Gasteiger partial charge in [-0.25, -0.2) is 9.59 Å². The SMILES string of the molecule is Cc1c(-c2ccccc2)c(=O)oc2ccc(OC(=O)N(C)C)cc12. The van der Waals surface area contributed by atoms with Gasteiger partial charge in [0.15, 0.2) is 0 Å². The van der Waals surface area contributed by atoms with Gasteiger partial charge in [0.1, 0.15) is 11.3 Å². The van der Waals surface area contributed by atoms with Crippen LogP contribution in [0.3, 0.4) is 0 Å². The van der Waals surface area contributed by atoms with E-state index in [9.17, 15) is 9.59 Å². The summed E-state index contributed by atoms with van der Waals surface area (Å²) in [5.41, 5.74) is 2.17. The molecule has 24 heavy (non-hydrogen) atoms. The maximum Gasteiger partial charge on any atom is 0.414 e. The molecule has 0 spiro atoms. The Labute approximate surface area is 139 Å². The van der Waals surface area contributed by atoms with Crippen LogP contribution < -0.4 is 10.4 Å². The lowest BCUT2D eigenvalue weighted by Crippen LogP contribution is -2.25. The summed E-state index contributed by atoms with van der Waals surface area (Å²) in [6.45, 7) is 1.86. The van der Waals surface area contributed by atoms with E-state index < -0.39 is 6.09 Å². The maximum absolute atomic E-state index is 12.3. The van der Waals surface area contributed by atoms with E-state index >= 15 is 0 Å². The number of ether oxygens (including phenoxy) is 1. The van der Waals surface area contributed by atoms with Crippen LogP contribution in [0.25, 0.3) is 22.1 Å². The second kappa shape index (κ2) is 6.20. The smallest absolute Gasteiger partial charge is 0.414 e. The Morgan fingerprint density at radius 3 is 2.46 bits per heavy atom. The van der Waals surface area contributed by atoms with Gasteiger partial charge in [0.25, 0.3) is 0 Å². The lowest BCUT2D eigenvalue weighted by Gasteiger charge is -2.12. The summed E-state index contributed by atoms with van der Waals surface area (Å²) >= 11 is 0. The molecule has 0 aliphatic carbocycles. The molecule has 0 aliphatic heterocycles. The highest BCUT2D eigenvalue weighted by atomic mass is 16.6. The number of carbonyl (C=O) groups excluding carboxylic acids is 1. The summed E-state index contributed by atoms with van der Waals surface area (Å²) in [5, 5.41) is 0.734. The van der Waals surface area contributed by atoms with Crippen LogP contribution >= 0.6 is 0 Å². The van der Waals surface area contributed by atoms with Gasteiger partial charge in [-0.05, 0) is 36.2 Å². The zero-order chi connectivity index (χ0) is 17.3. The van der Waals surface area contributed by atoms with E-state index in [-0.39, 0.29) is 5.63 Å². The molecule has 0 saturated heterocycles. The molecule has 0 radical (unpaired) electrons. The Morgan fingerprint density at radius 1 is 1.08 bits per heavy atom. The number of hydrogen-bond donors (Lipinski definition) is 0. The highest BCUT2D eigenvalue weighted by molar-refractivity contribution is 5.88. The normalized spacial score (nSPS) is 10.6. The zero-order valence-corrected chi connectivity index (χ0v) is 13.7. The van der Waals surface area contributed by atoms with Crippen molar-refractivity contribution in [2.75, 3.05) is 14.1 Å². The lowest BCUT2D eigenvalue weighted by atomic mass is 9.99. The largest absolute Gasteiger partial charge is 0.422 e. The number of amides is 1. The van der Waals surface area contributed by atoms with Crippen molar-refractivity contribution in [3.8, 4) is 16.9 Å². The third kappa shape index (κ3) is 2.88. The van der Waals surface area contributed by atoms with Crippen LogP contribution in [0.2, 0.25) is 0 Å². The molecule has 1 aromatic heterocycles. The summed E-state index contributed by atoms with van der Waals surface area (Å²) in [4.78, 5) is 25.4. The van der Waals surface area contributed by atoms with E-state index in [1.54, 1.807) is 32.3 Å². The van der Waals surface area contributed by atoms with E-state index in [4.69, 9.17) is 9.15 Å². The van der Waals surface area contributed by atoms with Crippen LogP contribution in [0.15, 0.2) is 57.7 Å². The number of rotatable bonds is 2. The quantitative estimate of drug-likeness (QED) is 0.673. The van der Waals surface area contributed by atoms with Crippen LogP contribution in [0, 0.1) is 6.92 Å². The molecular weight excluding hydrogens is 306 g/mol. The predicted octanol–water partition coefficient (Wildman–Crippen LogP) is 3.83. The molecule has 0 bridgehead atoms. The van der Waals surface area contributed by atoms with Gasteiger partial charge in [-0.1, -0.05) is 30.3 Å². The van der Waals surface area contributed by atoms with Crippen LogP contribution in [-0.4, -0.2) is 25.1 Å². The maximum atomic E-state index is 12.3. The average molecular weight is 323 g/mol. The molecule has 3 aromatic rings. The topological polar surface area (TPSA) is 59.8 Å².